The molecule has 4 rings (SSSR count). The van der Waals surface area contributed by atoms with Crippen molar-refractivity contribution in [3.8, 4) is 17.0 Å². The summed E-state index contributed by atoms with van der Waals surface area (Å²) in [4.78, 5) is 33.6. The van der Waals surface area contributed by atoms with Gasteiger partial charge in [-0.2, -0.15) is 0 Å². The van der Waals surface area contributed by atoms with Crippen molar-refractivity contribution in [1.82, 2.24) is 9.97 Å². The van der Waals surface area contributed by atoms with E-state index in [1.807, 2.05) is 0 Å². The van der Waals surface area contributed by atoms with Crippen LogP contribution >= 0.6 is 34.8 Å². The fourth-order valence-corrected chi connectivity index (χ4v) is 4.20. The number of fused-ring (bicyclic) bond motifs is 1. The number of nitrogen functional groups attached to an aromatic ring is 1. The SMILES string of the molecule is Nc1nc(-c2ccc(Cl)c(Cl)c2OCC(=O)C(N)(Cc2ccccc2)C(=O)O)c2cc(Cl)ccc2n1. The summed E-state index contributed by atoms with van der Waals surface area (Å²) in [5.74, 6) is -2.36. The maximum atomic E-state index is 13.1. The first-order valence-corrected chi connectivity index (χ1v) is 11.7. The molecule has 184 valence electrons. The highest BCUT2D eigenvalue weighted by molar-refractivity contribution is 6.43. The molecule has 36 heavy (non-hydrogen) atoms. The summed E-state index contributed by atoms with van der Waals surface area (Å²) in [6, 6.07) is 16.7. The highest BCUT2D eigenvalue weighted by Crippen LogP contribution is 2.42. The molecule has 5 N–H and O–H groups in total. The van der Waals surface area contributed by atoms with Crippen LogP contribution in [0.2, 0.25) is 15.1 Å². The van der Waals surface area contributed by atoms with E-state index in [0.717, 1.165) is 0 Å². The van der Waals surface area contributed by atoms with Crippen molar-refractivity contribution in [2.45, 2.75) is 12.0 Å². The molecule has 0 spiro atoms. The molecule has 0 bridgehead atoms. The second-order valence-electron chi connectivity index (χ2n) is 7.98. The van der Waals surface area contributed by atoms with Gasteiger partial charge in [-0.3, -0.25) is 4.79 Å². The number of carbonyl (C=O) groups is 2. The van der Waals surface area contributed by atoms with E-state index in [4.69, 9.17) is 51.0 Å². The molecule has 3 aromatic carbocycles. The van der Waals surface area contributed by atoms with Crippen molar-refractivity contribution < 1.29 is 19.4 Å². The number of hydrogen-bond acceptors (Lipinski definition) is 7. The van der Waals surface area contributed by atoms with Crippen molar-refractivity contribution in [1.29, 1.82) is 0 Å². The topological polar surface area (TPSA) is 141 Å². The first-order chi connectivity index (χ1) is 17.1. The van der Waals surface area contributed by atoms with Gasteiger partial charge in [0.05, 0.1) is 16.2 Å². The largest absolute Gasteiger partial charge is 0.483 e. The van der Waals surface area contributed by atoms with Crippen molar-refractivity contribution in [2.24, 2.45) is 5.73 Å². The number of carbonyl (C=O) groups excluding carboxylic acids is 1. The Labute approximate surface area is 220 Å². The van der Waals surface area contributed by atoms with E-state index in [1.165, 1.54) is 6.07 Å². The Bertz CT molecular complexity index is 1480. The van der Waals surface area contributed by atoms with Crippen LogP contribution < -0.4 is 16.2 Å². The fraction of sp³-hybridized carbons (Fsp3) is 0.120. The minimum absolute atomic E-state index is 0.00402. The molecule has 4 aromatic rings. The lowest BCUT2D eigenvalue weighted by Crippen LogP contribution is -2.58. The number of carboxylic acid groups (broad SMARTS) is 1. The fourth-order valence-electron chi connectivity index (χ4n) is 3.66. The van der Waals surface area contributed by atoms with E-state index in [0.29, 0.717) is 32.7 Å². The number of hydrogen-bond donors (Lipinski definition) is 3. The molecular weight excluding hydrogens is 527 g/mol. The third-order valence-corrected chi connectivity index (χ3v) is 6.55. The lowest BCUT2D eigenvalue weighted by atomic mass is 9.88. The predicted molar refractivity (Wildman–Crippen MR) is 140 cm³/mol. The van der Waals surface area contributed by atoms with Gasteiger partial charge in [-0.05, 0) is 35.9 Å². The van der Waals surface area contributed by atoms with Crippen LogP contribution in [0.25, 0.3) is 22.2 Å². The minimum Gasteiger partial charge on any atom is -0.483 e. The molecule has 8 nitrogen and oxygen atoms in total. The van der Waals surface area contributed by atoms with Crippen LogP contribution in [-0.4, -0.2) is 39.0 Å². The summed E-state index contributed by atoms with van der Waals surface area (Å²) < 4.78 is 5.77. The maximum absolute atomic E-state index is 13.1. The standard InChI is InChI=1S/C25H19Cl3N4O4/c26-14-6-9-18-16(10-14)21(32-24(29)31-18)15-7-8-17(27)20(28)22(15)36-12-19(33)25(30,23(34)35)11-13-4-2-1-3-5-13/h1-10H,11-12,30H2,(H,34,35)(H2,29,31,32). The minimum atomic E-state index is -2.23. The summed E-state index contributed by atoms with van der Waals surface area (Å²) in [7, 11) is 0. The molecule has 0 amide bonds. The molecule has 11 heteroatoms. The van der Waals surface area contributed by atoms with Crippen molar-refractivity contribution >= 4 is 63.4 Å². The van der Waals surface area contributed by atoms with E-state index in [1.54, 1.807) is 54.6 Å². The van der Waals surface area contributed by atoms with Gasteiger partial charge in [-0.15, -0.1) is 0 Å². The first kappa shape index (κ1) is 25.7. The highest BCUT2D eigenvalue weighted by Gasteiger charge is 2.42. The van der Waals surface area contributed by atoms with E-state index in [2.05, 4.69) is 9.97 Å². The van der Waals surface area contributed by atoms with Crippen LogP contribution in [0, 0.1) is 0 Å². The average molecular weight is 546 g/mol. The van der Waals surface area contributed by atoms with E-state index < -0.39 is 23.9 Å². The molecule has 1 heterocycles. The smallest absolute Gasteiger partial charge is 0.331 e. The van der Waals surface area contributed by atoms with Crippen molar-refractivity contribution in [3.05, 3.63) is 81.3 Å². The lowest BCUT2D eigenvalue weighted by molar-refractivity contribution is -0.149. The maximum Gasteiger partial charge on any atom is 0.331 e. The second-order valence-corrected chi connectivity index (χ2v) is 9.20. The van der Waals surface area contributed by atoms with E-state index in [9.17, 15) is 14.7 Å². The number of anilines is 1. The number of nitrogens with zero attached hydrogens (tertiary/aromatic N) is 2. The monoisotopic (exact) mass is 544 g/mol. The number of Topliss-reactive ketones (excluding diaryl/α,β-unsaturated/α-hetero) is 1. The Morgan fingerprint density at radius 1 is 1.00 bits per heavy atom. The molecule has 0 aliphatic heterocycles. The van der Waals surface area contributed by atoms with Crippen LogP contribution in [0.1, 0.15) is 5.56 Å². The third kappa shape index (κ3) is 5.08. The number of rotatable bonds is 8. The van der Waals surface area contributed by atoms with Crippen LogP contribution in [0.15, 0.2) is 60.7 Å². The zero-order valence-corrected chi connectivity index (χ0v) is 20.8. The molecule has 0 radical (unpaired) electrons. The third-order valence-electron chi connectivity index (χ3n) is 5.53. The first-order valence-electron chi connectivity index (χ1n) is 10.5. The van der Waals surface area contributed by atoms with Crippen LogP contribution in [-0.2, 0) is 16.0 Å². The van der Waals surface area contributed by atoms with Gasteiger partial charge in [-0.25, -0.2) is 14.8 Å². The summed E-state index contributed by atoms with van der Waals surface area (Å²) in [6.45, 7) is -0.693. The van der Waals surface area contributed by atoms with Gasteiger partial charge in [0.15, 0.2) is 5.54 Å². The number of ether oxygens (including phenoxy) is 1. The highest BCUT2D eigenvalue weighted by atomic mass is 35.5. The van der Waals surface area contributed by atoms with Gasteiger partial charge in [0.25, 0.3) is 0 Å². The van der Waals surface area contributed by atoms with Gasteiger partial charge < -0.3 is 21.3 Å². The summed E-state index contributed by atoms with van der Waals surface area (Å²) in [5.41, 5.74) is 11.5. The molecular formula is C25H19Cl3N4O4. The normalized spacial score (nSPS) is 12.8. The number of benzene rings is 3. The number of aliphatic carboxylic acids is 1. The summed E-state index contributed by atoms with van der Waals surface area (Å²) >= 11 is 18.8. The van der Waals surface area contributed by atoms with Crippen molar-refractivity contribution in [3.63, 3.8) is 0 Å². The molecule has 1 atom stereocenters. The molecule has 0 aliphatic rings. The average Bonchev–Trinajstić information content (AvgIpc) is 2.85. The summed E-state index contributed by atoms with van der Waals surface area (Å²) in [5, 5.41) is 10.9. The molecule has 1 aromatic heterocycles. The predicted octanol–water partition coefficient (Wildman–Crippen LogP) is 4.81. The van der Waals surface area contributed by atoms with Gasteiger partial charge in [-0.1, -0.05) is 65.1 Å². The van der Waals surface area contributed by atoms with Crippen molar-refractivity contribution in [2.75, 3.05) is 12.3 Å². The Kier molecular flexibility index (Phi) is 7.33. The van der Waals surface area contributed by atoms with Gasteiger partial charge >= 0.3 is 5.97 Å². The van der Waals surface area contributed by atoms with Crippen LogP contribution in [0.4, 0.5) is 5.95 Å². The number of halogens is 3. The van der Waals surface area contributed by atoms with Crippen LogP contribution in [0.3, 0.4) is 0 Å². The second kappa shape index (κ2) is 10.3. The van der Waals surface area contributed by atoms with Gasteiger partial charge in [0, 0.05) is 22.4 Å². The molecule has 0 saturated carbocycles. The zero-order valence-electron chi connectivity index (χ0n) is 18.5. The quantitative estimate of drug-likeness (QED) is 0.268. The summed E-state index contributed by atoms with van der Waals surface area (Å²) in [6.07, 6.45) is -0.229. The van der Waals surface area contributed by atoms with E-state index in [-0.39, 0.29) is 28.2 Å². The van der Waals surface area contributed by atoms with E-state index >= 15 is 0 Å². The van der Waals surface area contributed by atoms with Gasteiger partial charge in [0.2, 0.25) is 11.7 Å². The molecule has 0 saturated heterocycles. The molecule has 0 fully saturated rings. The Balaban J connectivity index is 1.73. The zero-order chi connectivity index (χ0) is 26.0. The van der Waals surface area contributed by atoms with Crippen LogP contribution in [0.5, 0.6) is 5.75 Å². The Morgan fingerprint density at radius 2 is 1.72 bits per heavy atom. The molecule has 0 aliphatic carbocycles. The van der Waals surface area contributed by atoms with Gasteiger partial charge in [0.1, 0.15) is 17.4 Å². The number of nitrogens with two attached hydrogens (primary N) is 2. The number of aromatic nitrogens is 2. The number of ketones is 1. The molecule has 1 unspecified atom stereocenters. The lowest BCUT2D eigenvalue weighted by Gasteiger charge is -2.24. The Hall–Kier alpha value is -3.43. The number of carboxylic acids is 1. The Morgan fingerprint density at radius 3 is 2.42 bits per heavy atom.